The average Bonchev–Trinajstić information content (AvgIpc) is 2.69. The van der Waals surface area contributed by atoms with E-state index in [-0.39, 0.29) is 25.2 Å². The molecule has 0 aliphatic carbocycles. The predicted molar refractivity (Wildman–Crippen MR) is 107 cm³/mol. The minimum absolute atomic E-state index is 0.153. The molecule has 0 saturated heterocycles. The van der Waals surface area contributed by atoms with Crippen molar-refractivity contribution in [1.82, 2.24) is 0 Å². The molecule has 0 N–H and O–H groups in total. The summed E-state index contributed by atoms with van der Waals surface area (Å²) in [6.45, 7) is 7.38. The van der Waals surface area contributed by atoms with E-state index >= 15 is 0 Å². The maximum atomic E-state index is 11.4. The fourth-order valence-electron chi connectivity index (χ4n) is 2.33. The molecule has 0 rings (SSSR count). The van der Waals surface area contributed by atoms with Crippen LogP contribution in [-0.4, -0.2) is 64.8 Å². The van der Waals surface area contributed by atoms with Crippen LogP contribution in [0.25, 0.3) is 0 Å². The Morgan fingerprint density at radius 2 is 0.857 bits per heavy atom. The smallest absolute Gasteiger partial charge is 0.305 e. The SMILES string of the molecule is CCCCCCC(=O)OCCOCCOCCOCCOC(=O)CCCCC. The van der Waals surface area contributed by atoms with Gasteiger partial charge in [-0.1, -0.05) is 46.0 Å². The minimum atomic E-state index is -0.160. The largest absolute Gasteiger partial charge is 0.463 e. The molecule has 0 aromatic rings. The molecule has 28 heavy (non-hydrogen) atoms. The van der Waals surface area contributed by atoms with Crippen LogP contribution in [0.5, 0.6) is 0 Å². The van der Waals surface area contributed by atoms with E-state index in [1.807, 2.05) is 0 Å². The Hall–Kier alpha value is -1.18. The molecule has 0 bridgehead atoms. The van der Waals surface area contributed by atoms with Gasteiger partial charge in [0.05, 0.1) is 39.6 Å². The molecule has 0 amide bonds. The van der Waals surface area contributed by atoms with Gasteiger partial charge in [0.25, 0.3) is 0 Å². The summed E-state index contributed by atoms with van der Waals surface area (Å²) in [7, 11) is 0. The standard InChI is InChI=1S/C21H40O7/c1-3-5-7-9-11-21(23)28-19-17-26-15-13-24-12-14-25-16-18-27-20(22)10-8-6-4-2/h3-19H2,1-2H3. The minimum Gasteiger partial charge on any atom is -0.463 e. The zero-order chi connectivity index (χ0) is 20.7. The normalized spacial score (nSPS) is 10.8. The molecule has 0 heterocycles. The third kappa shape index (κ3) is 21.1. The predicted octanol–water partition coefficient (Wildman–Crippen LogP) is 3.67. The van der Waals surface area contributed by atoms with Crippen LogP contribution >= 0.6 is 0 Å². The molecule has 0 fully saturated rings. The molecule has 0 aliphatic rings. The van der Waals surface area contributed by atoms with Crippen LogP contribution in [0, 0.1) is 0 Å². The van der Waals surface area contributed by atoms with E-state index in [4.69, 9.17) is 23.7 Å². The lowest BCUT2D eigenvalue weighted by Crippen LogP contribution is -2.15. The summed E-state index contributed by atoms with van der Waals surface area (Å²) in [5.41, 5.74) is 0. The van der Waals surface area contributed by atoms with Gasteiger partial charge < -0.3 is 23.7 Å². The van der Waals surface area contributed by atoms with Crippen molar-refractivity contribution in [2.75, 3.05) is 52.9 Å². The first kappa shape index (κ1) is 26.8. The molecule has 0 saturated carbocycles. The van der Waals surface area contributed by atoms with Crippen LogP contribution in [-0.2, 0) is 33.3 Å². The van der Waals surface area contributed by atoms with Crippen LogP contribution in [0.15, 0.2) is 0 Å². The van der Waals surface area contributed by atoms with Gasteiger partial charge in [0.2, 0.25) is 0 Å². The fourth-order valence-corrected chi connectivity index (χ4v) is 2.33. The molecule has 0 aromatic heterocycles. The van der Waals surface area contributed by atoms with E-state index in [9.17, 15) is 9.59 Å². The highest BCUT2D eigenvalue weighted by Gasteiger charge is 2.03. The Morgan fingerprint density at radius 3 is 1.29 bits per heavy atom. The lowest BCUT2D eigenvalue weighted by molar-refractivity contribution is -0.146. The van der Waals surface area contributed by atoms with Crippen LogP contribution in [0.4, 0.5) is 0 Å². The zero-order valence-corrected chi connectivity index (χ0v) is 17.9. The summed E-state index contributed by atoms with van der Waals surface area (Å²) in [4.78, 5) is 22.8. The first-order chi connectivity index (χ1) is 13.7. The fraction of sp³-hybridized carbons (Fsp3) is 0.905. The molecule has 0 spiro atoms. The molecule has 7 nitrogen and oxygen atoms in total. The molecule has 0 atom stereocenters. The second-order valence-corrected chi connectivity index (χ2v) is 6.55. The number of hydrogen-bond donors (Lipinski definition) is 0. The highest BCUT2D eigenvalue weighted by atomic mass is 16.6. The van der Waals surface area contributed by atoms with Gasteiger partial charge in [0.15, 0.2) is 0 Å². The number of rotatable bonds is 21. The Bertz CT molecular complexity index is 361. The first-order valence-electron chi connectivity index (χ1n) is 10.7. The van der Waals surface area contributed by atoms with Gasteiger partial charge in [-0.05, 0) is 12.8 Å². The number of esters is 2. The van der Waals surface area contributed by atoms with Crippen molar-refractivity contribution >= 4 is 11.9 Å². The molecule has 0 aliphatic heterocycles. The average molecular weight is 405 g/mol. The molecular weight excluding hydrogens is 364 g/mol. The van der Waals surface area contributed by atoms with Gasteiger partial charge >= 0.3 is 11.9 Å². The third-order valence-electron chi connectivity index (χ3n) is 3.94. The Kier molecular flexibility index (Phi) is 21.2. The number of hydrogen-bond acceptors (Lipinski definition) is 7. The zero-order valence-electron chi connectivity index (χ0n) is 17.9. The van der Waals surface area contributed by atoms with Crippen LogP contribution < -0.4 is 0 Å². The lowest BCUT2D eigenvalue weighted by atomic mass is 10.2. The van der Waals surface area contributed by atoms with Gasteiger partial charge in [-0.25, -0.2) is 0 Å². The molecule has 0 radical (unpaired) electrons. The topological polar surface area (TPSA) is 80.3 Å². The van der Waals surface area contributed by atoms with Gasteiger partial charge in [-0.3, -0.25) is 9.59 Å². The van der Waals surface area contributed by atoms with Gasteiger partial charge in [-0.2, -0.15) is 0 Å². The molecule has 166 valence electrons. The van der Waals surface area contributed by atoms with Crippen LogP contribution in [0.1, 0.15) is 71.6 Å². The number of carbonyl (C=O) groups excluding carboxylic acids is 2. The quantitative estimate of drug-likeness (QED) is 0.213. The van der Waals surface area contributed by atoms with Gasteiger partial charge in [-0.15, -0.1) is 0 Å². The van der Waals surface area contributed by atoms with Gasteiger partial charge in [0.1, 0.15) is 13.2 Å². The highest BCUT2D eigenvalue weighted by Crippen LogP contribution is 2.03. The molecule has 0 unspecified atom stereocenters. The Balaban J connectivity index is 3.17. The molecule has 7 heteroatoms. The first-order valence-corrected chi connectivity index (χ1v) is 10.7. The molecular formula is C21H40O7. The van der Waals surface area contributed by atoms with Crippen molar-refractivity contribution in [3.8, 4) is 0 Å². The third-order valence-corrected chi connectivity index (χ3v) is 3.94. The summed E-state index contributed by atoms with van der Waals surface area (Å²) in [5.74, 6) is -0.313. The van der Waals surface area contributed by atoms with Gasteiger partial charge in [0, 0.05) is 12.8 Å². The Labute approximate surface area is 170 Å². The van der Waals surface area contributed by atoms with E-state index in [0.29, 0.717) is 52.5 Å². The van der Waals surface area contributed by atoms with Crippen molar-refractivity contribution in [3.63, 3.8) is 0 Å². The van der Waals surface area contributed by atoms with Crippen LogP contribution in [0.2, 0.25) is 0 Å². The highest BCUT2D eigenvalue weighted by molar-refractivity contribution is 5.69. The van der Waals surface area contributed by atoms with Crippen molar-refractivity contribution in [1.29, 1.82) is 0 Å². The van der Waals surface area contributed by atoms with Crippen molar-refractivity contribution < 1.29 is 33.3 Å². The van der Waals surface area contributed by atoms with Crippen molar-refractivity contribution in [2.24, 2.45) is 0 Å². The maximum Gasteiger partial charge on any atom is 0.305 e. The second-order valence-electron chi connectivity index (χ2n) is 6.55. The summed E-state index contributed by atoms with van der Waals surface area (Å²) in [5, 5.41) is 0. The van der Waals surface area contributed by atoms with E-state index in [1.54, 1.807) is 0 Å². The maximum absolute atomic E-state index is 11.4. The number of carbonyl (C=O) groups is 2. The van der Waals surface area contributed by atoms with Crippen molar-refractivity contribution in [2.45, 2.75) is 71.6 Å². The number of unbranched alkanes of at least 4 members (excludes halogenated alkanes) is 5. The Morgan fingerprint density at radius 1 is 0.500 bits per heavy atom. The second kappa shape index (κ2) is 22.1. The summed E-state index contributed by atoms with van der Waals surface area (Å²) in [6, 6.07) is 0. The summed E-state index contributed by atoms with van der Waals surface area (Å²) >= 11 is 0. The molecule has 0 aromatic carbocycles. The lowest BCUT2D eigenvalue weighted by Gasteiger charge is -2.08. The number of ether oxygens (including phenoxy) is 5. The van der Waals surface area contributed by atoms with E-state index < -0.39 is 0 Å². The van der Waals surface area contributed by atoms with E-state index in [0.717, 1.165) is 44.9 Å². The summed E-state index contributed by atoms with van der Waals surface area (Å²) < 4.78 is 26.2. The van der Waals surface area contributed by atoms with Crippen molar-refractivity contribution in [3.05, 3.63) is 0 Å². The summed E-state index contributed by atoms with van der Waals surface area (Å²) in [6.07, 6.45) is 8.28. The van der Waals surface area contributed by atoms with Crippen LogP contribution in [0.3, 0.4) is 0 Å². The van der Waals surface area contributed by atoms with E-state index in [1.165, 1.54) is 0 Å². The van der Waals surface area contributed by atoms with E-state index in [2.05, 4.69) is 13.8 Å². The monoisotopic (exact) mass is 404 g/mol.